The van der Waals surface area contributed by atoms with Gasteiger partial charge in [-0.25, -0.2) is 0 Å². The highest BCUT2D eigenvalue weighted by atomic mass is 79.9. The van der Waals surface area contributed by atoms with Crippen LogP contribution in [0.15, 0.2) is 10.6 Å². The second-order valence-corrected chi connectivity index (χ2v) is 5.18. The van der Waals surface area contributed by atoms with Crippen molar-refractivity contribution in [3.63, 3.8) is 0 Å². The van der Waals surface area contributed by atoms with E-state index in [9.17, 15) is 4.79 Å². The van der Waals surface area contributed by atoms with Crippen LogP contribution in [-0.4, -0.2) is 41.0 Å². The van der Waals surface area contributed by atoms with Gasteiger partial charge in [0.25, 0.3) is 5.91 Å². The fourth-order valence-corrected chi connectivity index (χ4v) is 2.39. The molecule has 0 radical (unpaired) electrons. The van der Waals surface area contributed by atoms with Crippen LogP contribution in [0.3, 0.4) is 0 Å². The molecule has 0 aliphatic heterocycles. The highest BCUT2D eigenvalue weighted by Crippen LogP contribution is 2.26. The Hall–Kier alpha value is -0.880. The molecule has 6 heteroatoms. The van der Waals surface area contributed by atoms with E-state index in [0.717, 1.165) is 18.2 Å². The number of methoxy groups -OCH3 is 1. The number of hydrogen-bond acceptors (Lipinski definition) is 4. The molecule has 1 aromatic rings. The molecule has 0 bridgehead atoms. The highest BCUT2D eigenvalue weighted by molar-refractivity contribution is 9.09. The second kappa shape index (κ2) is 6.33. The van der Waals surface area contributed by atoms with Crippen molar-refractivity contribution in [2.75, 3.05) is 19.0 Å². The van der Waals surface area contributed by atoms with Gasteiger partial charge in [0.2, 0.25) is 0 Å². The maximum atomic E-state index is 12.3. The second-order valence-electron chi connectivity index (χ2n) is 4.38. The number of alkyl halides is 1. The predicted octanol–water partition coefficient (Wildman–Crippen LogP) is 2.21. The Morgan fingerprint density at radius 2 is 2.44 bits per heavy atom. The minimum atomic E-state index is -0.0507. The molecule has 1 aliphatic carbocycles. The number of carbonyl (C=O) groups is 1. The molecule has 0 atom stereocenters. The minimum absolute atomic E-state index is 0.0507. The van der Waals surface area contributed by atoms with Gasteiger partial charge in [-0.15, -0.1) is 0 Å². The van der Waals surface area contributed by atoms with Crippen molar-refractivity contribution in [1.82, 2.24) is 10.1 Å². The van der Waals surface area contributed by atoms with Gasteiger partial charge in [0.15, 0.2) is 11.5 Å². The Labute approximate surface area is 115 Å². The van der Waals surface area contributed by atoms with Crippen molar-refractivity contribution in [2.45, 2.75) is 31.9 Å². The molecule has 2 rings (SSSR count). The maximum absolute atomic E-state index is 12.3. The summed E-state index contributed by atoms with van der Waals surface area (Å²) in [5.74, 6) is 0.526. The first kappa shape index (κ1) is 13.5. The van der Waals surface area contributed by atoms with E-state index in [1.165, 1.54) is 6.42 Å². The van der Waals surface area contributed by atoms with E-state index in [4.69, 9.17) is 9.26 Å². The van der Waals surface area contributed by atoms with E-state index in [2.05, 4.69) is 21.1 Å². The van der Waals surface area contributed by atoms with Gasteiger partial charge in [0.1, 0.15) is 6.61 Å². The predicted molar refractivity (Wildman–Crippen MR) is 69.7 cm³/mol. The van der Waals surface area contributed by atoms with Gasteiger partial charge >= 0.3 is 0 Å². The van der Waals surface area contributed by atoms with Crippen LogP contribution in [0.4, 0.5) is 0 Å². The number of rotatable bonds is 6. The number of nitrogens with zero attached hydrogens (tertiary/aromatic N) is 2. The molecule has 0 saturated heterocycles. The maximum Gasteiger partial charge on any atom is 0.276 e. The van der Waals surface area contributed by atoms with Gasteiger partial charge in [-0.1, -0.05) is 21.1 Å². The molecular weight excluding hydrogens is 300 g/mol. The molecule has 0 unspecified atom stereocenters. The lowest BCUT2D eigenvalue weighted by molar-refractivity contribution is 0.0588. The third-order valence-electron chi connectivity index (χ3n) is 3.17. The van der Waals surface area contributed by atoms with Gasteiger partial charge in [-0.2, -0.15) is 0 Å². The fraction of sp³-hybridized carbons (Fsp3) is 0.667. The van der Waals surface area contributed by atoms with Crippen LogP contribution in [0, 0.1) is 0 Å². The van der Waals surface area contributed by atoms with Gasteiger partial charge < -0.3 is 14.2 Å². The molecule has 0 N–H and O–H groups in total. The number of carbonyl (C=O) groups excluding carboxylic acids is 1. The lowest BCUT2D eigenvalue weighted by atomic mass is 9.91. The highest BCUT2D eigenvalue weighted by Gasteiger charge is 2.30. The largest absolute Gasteiger partial charge is 0.377 e. The third kappa shape index (κ3) is 2.92. The normalized spacial score (nSPS) is 15.4. The monoisotopic (exact) mass is 316 g/mol. The van der Waals surface area contributed by atoms with Crippen molar-refractivity contribution in [3.05, 3.63) is 17.5 Å². The number of aromatic nitrogens is 1. The standard InChI is InChI=1S/C12H17BrN2O3/c1-17-8-10-7-11(14-18-10)12(16)15(6-5-13)9-3-2-4-9/h7,9H,2-6,8H2,1H3. The van der Waals surface area contributed by atoms with E-state index in [1.54, 1.807) is 13.2 Å². The lowest BCUT2D eigenvalue weighted by Crippen LogP contribution is -2.45. The number of hydrogen-bond donors (Lipinski definition) is 0. The summed E-state index contributed by atoms with van der Waals surface area (Å²) in [6.07, 6.45) is 3.37. The molecule has 5 nitrogen and oxygen atoms in total. The Bertz CT molecular complexity index is 404. The molecule has 1 aromatic heterocycles. The van der Waals surface area contributed by atoms with Crippen LogP contribution in [0.2, 0.25) is 0 Å². The van der Waals surface area contributed by atoms with Crippen molar-refractivity contribution >= 4 is 21.8 Å². The molecule has 0 spiro atoms. The summed E-state index contributed by atoms with van der Waals surface area (Å²) in [4.78, 5) is 14.2. The summed E-state index contributed by atoms with van der Waals surface area (Å²) in [5, 5.41) is 4.59. The summed E-state index contributed by atoms with van der Waals surface area (Å²) in [7, 11) is 1.58. The Morgan fingerprint density at radius 3 is 3.00 bits per heavy atom. The third-order valence-corrected chi connectivity index (χ3v) is 3.52. The van der Waals surface area contributed by atoms with E-state index in [-0.39, 0.29) is 5.91 Å². The number of amides is 1. The average Bonchev–Trinajstić information content (AvgIpc) is 2.74. The molecule has 1 aliphatic rings. The summed E-state index contributed by atoms with van der Waals surface area (Å²) in [5.41, 5.74) is 0.370. The molecule has 1 saturated carbocycles. The summed E-state index contributed by atoms with van der Waals surface area (Å²) in [6, 6.07) is 2.02. The summed E-state index contributed by atoms with van der Waals surface area (Å²) in [6.45, 7) is 1.04. The molecule has 1 heterocycles. The molecule has 100 valence electrons. The van der Waals surface area contributed by atoms with Crippen molar-refractivity contribution in [2.24, 2.45) is 0 Å². The topological polar surface area (TPSA) is 55.6 Å². The summed E-state index contributed by atoms with van der Waals surface area (Å²) >= 11 is 3.38. The zero-order valence-electron chi connectivity index (χ0n) is 10.4. The van der Waals surface area contributed by atoms with Crippen molar-refractivity contribution in [3.8, 4) is 0 Å². The SMILES string of the molecule is COCc1cc(C(=O)N(CCBr)C2CCC2)no1. The van der Waals surface area contributed by atoms with Gasteiger partial charge in [0, 0.05) is 31.1 Å². The Kier molecular flexibility index (Phi) is 4.77. The average molecular weight is 317 g/mol. The number of ether oxygens (including phenoxy) is 1. The smallest absolute Gasteiger partial charge is 0.276 e. The van der Waals surface area contributed by atoms with Crippen LogP contribution in [0.25, 0.3) is 0 Å². The van der Waals surface area contributed by atoms with E-state index >= 15 is 0 Å². The zero-order valence-corrected chi connectivity index (χ0v) is 12.0. The number of halogens is 1. The lowest BCUT2D eigenvalue weighted by Gasteiger charge is -2.36. The van der Waals surface area contributed by atoms with Gasteiger partial charge in [-0.3, -0.25) is 4.79 Å². The van der Waals surface area contributed by atoms with Crippen LogP contribution >= 0.6 is 15.9 Å². The molecular formula is C12H17BrN2O3. The molecule has 1 fully saturated rings. The first-order valence-electron chi connectivity index (χ1n) is 6.07. The van der Waals surface area contributed by atoms with Crippen LogP contribution in [0.1, 0.15) is 35.5 Å². The zero-order chi connectivity index (χ0) is 13.0. The molecule has 1 amide bonds. The van der Waals surface area contributed by atoms with E-state index < -0.39 is 0 Å². The van der Waals surface area contributed by atoms with Crippen LogP contribution in [-0.2, 0) is 11.3 Å². The molecule has 0 aromatic carbocycles. The first-order valence-corrected chi connectivity index (χ1v) is 7.20. The quantitative estimate of drug-likeness (QED) is 0.755. The summed E-state index contributed by atoms with van der Waals surface area (Å²) < 4.78 is 9.99. The van der Waals surface area contributed by atoms with Crippen LogP contribution in [0.5, 0.6) is 0 Å². The van der Waals surface area contributed by atoms with Crippen LogP contribution < -0.4 is 0 Å². The Balaban J connectivity index is 2.06. The van der Waals surface area contributed by atoms with Gasteiger partial charge in [-0.05, 0) is 19.3 Å². The van der Waals surface area contributed by atoms with Gasteiger partial charge in [0.05, 0.1) is 0 Å². The van der Waals surface area contributed by atoms with Crippen molar-refractivity contribution < 1.29 is 14.1 Å². The van der Waals surface area contributed by atoms with Crippen molar-refractivity contribution in [1.29, 1.82) is 0 Å². The van der Waals surface area contributed by atoms with E-state index in [1.807, 2.05) is 4.90 Å². The molecule has 18 heavy (non-hydrogen) atoms. The minimum Gasteiger partial charge on any atom is -0.377 e. The first-order chi connectivity index (χ1) is 8.76. The Morgan fingerprint density at radius 1 is 1.67 bits per heavy atom. The van der Waals surface area contributed by atoms with E-state index in [0.29, 0.717) is 30.6 Å². The fourth-order valence-electron chi connectivity index (χ4n) is 2.01.